The van der Waals surface area contributed by atoms with Crippen LogP contribution in [0, 0.1) is 39.9 Å². The summed E-state index contributed by atoms with van der Waals surface area (Å²) in [5.74, 6) is 0.889. The second-order valence-electron chi connectivity index (χ2n) is 14.3. The van der Waals surface area contributed by atoms with Gasteiger partial charge in [0, 0.05) is 13.3 Å². The molecule has 39 heavy (non-hydrogen) atoms. The number of carbonyl (C=O) groups is 2. The summed E-state index contributed by atoms with van der Waals surface area (Å²) >= 11 is 0. The summed E-state index contributed by atoms with van der Waals surface area (Å²) in [7, 11) is 1.47. The predicted octanol–water partition coefficient (Wildman–Crippen LogP) is 6.39. The van der Waals surface area contributed by atoms with Crippen molar-refractivity contribution in [3.05, 3.63) is 24.3 Å². The van der Waals surface area contributed by atoms with Gasteiger partial charge in [-0.25, -0.2) is 0 Å². The molecule has 0 amide bonds. The quantitative estimate of drug-likeness (QED) is 0.244. The number of hydrogen-bond donors (Lipinski definition) is 2. The van der Waals surface area contributed by atoms with Crippen LogP contribution in [0.25, 0.3) is 0 Å². The molecule has 0 aromatic carbocycles. The smallest absolute Gasteiger partial charge is 0.305 e. The van der Waals surface area contributed by atoms with Gasteiger partial charge in [-0.15, -0.1) is 0 Å². The molecule has 0 spiro atoms. The average Bonchev–Trinajstić information content (AvgIpc) is 3.20. The minimum Gasteiger partial charge on any atom is -0.469 e. The maximum Gasteiger partial charge on any atom is 0.305 e. The fraction of sp³-hybridized carbons (Fsp3) is 0.818. The van der Waals surface area contributed by atoms with Crippen molar-refractivity contribution in [3.8, 4) is 0 Å². The standard InChI is InChI=1S/C33H54O6/c1-22(2)24-13-20-32(7)27(30(24,5)18-15-28(35)38-9)12-11-25-26(14-19-31(25,32)6)33(8,37)17-10-16-29(4,36)21-39-23(3)34/h10,16,24-27,36-37H,1,11-15,17-21H2,2-9H3/b16-10+/t24-,25+,26-,27-,29+,30-,31+,32+,33-/m0/s1. The van der Waals surface area contributed by atoms with Gasteiger partial charge in [-0.3, -0.25) is 9.59 Å². The molecular weight excluding hydrogens is 492 g/mol. The van der Waals surface area contributed by atoms with Crippen molar-refractivity contribution < 1.29 is 29.3 Å². The van der Waals surface area contributed by atoms with E-state index in [1.807, 2.05) is 13.0 Å². The fourth-order valence-corrected chi connectivity index (χ4v) is 9.49. The van der Waals surface area contributed by atoms with E-state index in [1.54, 1.807) is 13.0 Å². The van der Waals surface area contributed by atoms with Crippen molar-refractivity contribution in [2.24, 2.45) is 39.9 Å². The van der Waals surface area contributed by atoms with E-state index in [-0.39, 0.29) is 34.7 Å². The summed E-state index contributed by atoms with van der Waals surface area (Å²) in [6.07, 6.45) is 11.6. The van der Waals surface area contributed by atoms with Crippen LogP contribution in [0.2, 0.25) is 0 Å². The first kappa shape index (κ1) is 31.9. The van der Waals surface area contributed by atoms with E-state index in [0.717, 1.165) is 44.9 Å². The Kier molecular flexibility index (Phi) is 9.24. The first-order valence-electron chi connectivity index (χ1n) is 14.9. The third kappa shape index (κ3) is 6.02. The lowest BCUT2D eigenvalue weighted by Gasteiger charge is -2.66. The first-order valence-corrected chi connectivity index (χ1v) is 14.9. The van der Waals surface area contributed by atoms with E-state index < -0.39 is 17.2 Å². The van der Waals surface area contributed by atoms with Crippen molar-refractivity contribution in [2.45, 2.75) is 117 Å². The highest BCUT2D eigenvalue weighted by molar-refractivity contribution is 5.69. The monoisotopic (exact) mass is 546 g/mol. The summed E-state index contributed by atoms with van der Waals surface area (Å²) in [4.78, 5) is 23.3. The molecule has 222 valence electrons. The molecule has 3 aliphatic carbocycles. The van der Waals surface area contributed by atoms with Gasteiger partial charge in [0.15, 0.2) is 0 Å². The summed E-state index contributed by atoms with van der Waals surface area (Å²) in [5, 5.41) is 22.3. The van der Waals surface area contributed by atoms with E-state index in [9.17, 15) is 19.8 Å². The van der Waals surface area contributed by atoms with Crippen LogP contribution in [-0.4, -0.2) is 47.1 Å². The van der Waals surface area contributed by atoms with Crippen LogP contribution in [0.3, 0.4) is 0 Å². The molecular formula is C33H54O6. The van der Waals surface area contributed by atoms with E-state index in [4.69, 9.17) is 9.47 Å². The zero-order valence-electron chi connectivity index (χ0n) is 25.8. The largest absolute Gasteiger partial charge is 0.469 e. The van der Waals surface area contributed by atoms with E-state index in [1.165, 1.54) is 19.6 Å². The second kappa shape index (κ2) is 11.3. The molecule has 6 nitrogen and oxygen atoms in total. The zero-order valence-corrected chi connectivity index (χ0v) is 25.8. The summed E-state index contributed by atoms with van der Waals surface area (Å²) in [6.45, 7) is 18.7. The highest BCUT2D eigenvalue weighted by Gasteiger charge is 2.67. The minimum atomic E-state index is -1.27. The lowest BCUT2D eigenvalue weighted by molar-refractivity contribution is -0.178. The molecule has 3 rings (SSSR count). The lowest BCUT2D eigenvalue weighted by atomic mass is 9.38. The maximum absolute atomic E-state index is 12.2. The zero-order chi connectivity index (χ0) is 29.4. The predicted molar refractivity (Wildman–Crippen MR) is 154 cm³/mol. The third-order valence-corrected chi connectivity index (χ3v) is 11.7. The average molecular weight is 547 g/mol. The van der Waals surface area contributed by atoms with Crippen LogP contribution in [0.15, 0.2) is 24.3 Å². The number of esters is 2. The number of ether oxygens (including phenoxy) is 2. The van der Waals surface area contributed by atoms with Gasteiger partial charge in [0.2, 0.25) is 0 Å². The molecule has 0 aromatic heterocycles. The van der Waals surface area contributed by atoms with Gasteiger partial charge < -0.3 is 19.7 Å². The Bertz CT molecular complexity index is 965. The molecule has 0 saturated heterocycles. The number of rotatable bonds is 10. The molecule has 9 atom stereocenters. The molecule has 0 bridgehead atoms. The Labute approximate surface area is 236 Å². The lowest BCUT2D eigenvalue weighted by Crippen LogP contribution is -2.60. The number of allylic oxidation sites excluding steroid dienone is 1. The van der Waals surface area contributed by atoms with Crippen molar-refractivity contribution >= 4 is 11.9 Å². The van der Waals surface area contributed by atoms with Crippen molar-refractivity contribution in [1.29, 1.82) is 0 Å². The van der Waals surface area contributed by atoms with Crippen LogP contribution in [0.5, 0.6) is 0 Å². The molecule has 6 heteroatoms. The Hall–Kier alpha value is -1.66. The Morgan fingerprint density at radius 1 is 1.03 bits per heavy atom. The number of carbonyl (C=O) groups excluding carboxylic acids is 2. The van der Waals surface area contributed by atoms with Crippen molar-refractivity contribution in [1.82, 2.24) is 0 Å². The molecule has 0 aliphatic heterocycles. The molecule has 0 aromatic rings. The van der Waals surface area contributed by atoms with Gasteiger partial charge in [0.05, 0.1) is 12.7 Å². The van der Waals surface area contributed by atoms with Crippen LogP contribution in [0.4, 0.5) is 0 Å². The van der Waals surface area contributed by atoms with E-state index in [0.29, 0.717) is 30.6 Å². The topological polar surface area (TPSA) is 93.1 Å². The summed E-state index contributed by atoms with van der Waals surface area (Å²) < 4.78 is 10.0. The number of methoxy groups -OCH3 is 1. The Morgan fingerprint density at radius 3 is 2.26 bits per heavy atom. The maximum atomic E-state index is 12.2. The molecule has 2 N–H and O–H groups in total. The van der Waals surface area contributed by atoms with Crippen molar-refractivity contribution in [2.75, 3.05) is 13.7 Å². The first-order chi connectivity index (χ1) is 17.9. The molecule has 3 aliphatic rings. The molecule has 3 fully saturated rings. The molecule has 0 radical (unpaired) electrons. The fourth-order valence-electron chi connectivity index (χ4n) is 9.49. The van der Waals surface area contributed by atoms with Crippen LogP contribution >= 0.6 is 0 Å². The summed E-state index contributed by atoms with van der Waals surface area (Å²) in [5.41, 5.74) is -0.752. The van der Waals surface area contributed by atoms with Crippen molar-refractivity contribution in [3.63, 3.8) is 0 Å². The van der Waals surface area contributed by atoms with Gasteiger partial charge in [-0.1, -0.05) is 45.1 Å². The number of fused-ring (bicyclic) bond motifs is 3. The van der Waals surface area contributed by atoms with Crippen LogP contribution in [0.1, 0.15) is 106 Å². The van der Waals surface area contributed by atoms with Gasteiger partial charge >= 0.3 is 11.9 Å². The number of hydrogen-bond acceptors (Lipinski definition) is 6. The summed E-state index contributed by atoms with van der Waals surface area (Å²) in [6, 6.07) is 0. The molecule has 0 unspecified atom stereocenters. The van der Waals surface area contributed by atoms with Crippen LogP contribution in [-0.2, 0) is 19.1 Å². The van der Waals surface area contributed by atoms with Gasteiger partial charge in [0.1, 0.15) is 12.2 Å². The Morgan fingerprint density at radius 2 is 1.67 bits per heavy atom. The molecule has 0 heterocycles. The Balaban J connectivity index is 1.83. The third-order valence-electron chi connectivity index (χ3n) is 11.7. The molecule has 3 saturated carbocycles. The highest BCUT2D eigenvalue weighted by atomic mass is 16.5. The highest BCUT2D eigenvalue weighted by Crippen LogP contribution is 2.74. The second-order valence-corrected chi connectivity index (χ2v) is 14.3. The van der Waals surface area contributed by atoms with Crippen LogP contribution < -0.4 is 0 Å². The van der Waals surface area contributed by atoms with Gasteiger partial charge in [0.25, 0.3) is 0 Å². The minimum absolute atomic E-state index is 0.0160. The SMILES string of the molecule is C=C(C)[C@@H]1CC[C@]2(C)[C@@H](CC[C@@H]3[C@@H]([C@@](C)(O)C/C=C/[C@@](C)(O)COC(C)=O)CC[C@]32C)[C@@]1(C)CCC(=O)OC. The van der Waals surface area contributed by atoms with E-state index >= 15 is 0 Å². The van der Waals surface area contributed by atoms with Gasteiger partial charge in [-0.2, -0.15) is 0 Å². The number of aliphatic hydroxyl groups is 2. The van der Waals surface area contributed by atoms with Gasteiger partial charge in [-0.05, 0) is 112 Å². The normalized spacial score (nSPS) is 39.2. The van der Waals surface area contributed by atoms with E-state index in [2.05, 4.69) is 34.3 Å².